The third-order valence-corrected chi connectivity index (χ3v) is 6.69. The third kappa shape index (κ3) is 3.75. The van der Waals surface area contributed by atoms with E-state index < -0.39 is 0 Å². The number of rotatable bonds is 4. The van der Waals surface area contributed by atoms with Gasteiger partial charge in [0.05, 0.1) is 17.3 Å². The van der Waals surface area contributed by atoms with E-state index in [4.69, 9.17) is 11.6 Å². The molecule has 1 atom stereocenters. The summed E-state index contributed by atoms with van der Waals surface area (Å²) >= 11 is 8.11. The average Bonchev–Trinajstić information content (AvgIpc) is 3.33. The van der Waals surface area contributed by atoms with E-state index in [0.717, 1.165) is 49.9 Å². The highest BCUT2D eigenvalue weighted by Crippen LogP contribution is 2.34. The smallest absolute Gasteiger partial charge is 0.236 e. The maximum atomic E-state index is 12.8. The summed E-state index contributed by atoms with van der Waals surface area (Å²) in [5.74, 6) is 0.257. The van der Waals surface area contributed by atoms with Gasteiger partial charge >= 0.3 is 0 Å². The number of carbonyl (C=O) groups is 1. The third-order valence-electron chi connectivity index (χ3n) is 5.40. The SMILES string of the molecule is O=C(CN1CCC[C@@H]1c1cccs1)N1CCN(c2ccccc2Cl)CC1. The van der Waals surface area contributed by atoms with Crippen molar-refractivity contribution in [1.82, 2.24) is 9.80 Å². The second kappa shape index (κ2) is 7.99. The first-order valence-corrected chi connectivity index (χ1v) is 10.5. The molecule has 0 saturated carbocycles. The number of nitrogens with zero attached hydrogens (tertiary/aromatic N) is 3. The van der Waals surface area contributed by atoms with Gasteiger partial charge in [-0.2, -0.15) is 0 Å². The largest absolute Gasteiger partial charge is 0.367 e. The highest BCUT2D eigenvalue weighted by Gasteiger charge is 2.30. The first-order chi connectivity index (χ1) is 12.7. The van der Waals surface area contributed by atoms with E-state index in [1.807, 2.05) is 23.1 Å². The second-order valence-corrected chi connectivity index (χ2v) is 8.35. The molecule has 4 nitrogen and oxygen atoms in total. The maximum Gasteiger partial charge on any atom is 0.236 e. The first kappa shape index (κ1) is 17.8. The Hall–Kier alpha value is -1.56. The van der Waals surface area contributed by atoms with Gasteiger partial charge in [-0.05, 0) is 43.0 Å². The molecule has 0 bridgehead atoms. The lowest BCUT2D eigenvalue weighted by Gasteiger charge is -2.37. The number of amides is 1. The molecule has 0 radical (unpaired) electrons. The Balaban J connectivity index is 1.33. The van der Waals surface area contributed by atoms with E-state index in [9.17, 15) is 4.79 Å². The minimum Gasteiger partial charge on any atom is -0.367 e. The van der Waals surface area contributed by atoms with E-state index >= 15 is 0 Å². The van der Waals surface area contributed by atoms with Gasteiger partial charge in [0.25, 0.3) is 0 Å². The van der Waals surface area contributed by atoms with E-state index in [1.54, 1.807) is 11.3 Å². The van der Waals surface area contributed by atoms with Gasteiger partial charge in [-0.25, -0.2) is 0 Å². The van der Waals surface area contributed by atoms with Crippen LogP contribution in [-0.2, 0) is 4.79 Å². The van der Waals surface area contributed by atoms with E-state index in [1.165, 1.54) is 11.3 Å². The highest BCUT2D eigenvalue weighted by molar-refractivity contribution is 7.10. The van der Waals surface area contributed by atoms with E-state index in [-0.39, 0.29) is 5.91 Å². The Morgan fingerprint density at radius 2 is 1.88 bits per heavy atom. The van der Waals surface area contributed by atoms with Crippen molar-refractivity contribution in [1.29, 1.82) is 0 Å². The van der Waals surface area contributed by atoms with Crippen molar-refractivity contribution >= 4 is 34.5 Å². The molecule has 138 valence electrons. The molecule has 26 heavy (non-hydrogen) atoms. The highest BCUT2D eigenvalue weighted by atomic mass is 35.5. The fraction of sp³-hybridized carbons (Fsp3) is 0.450. The van der Waals surface area contributed by atoms with Crippen LogP contribution < -0.4 is 4.90 Å². The number of likely N-dealkylation sites (tertiary alicyclic amines) is 1. The van der Waals surface area contributed by atoms with Crippen molar-refractivity contribution < 1.29 is 4.79 Å². The van der Waals surface area contributed by atoms with Gasteiger partial charge in [0.1, 0.15) is 0 Å². The quantitative estimate of drug-likeness (QED) is 0.793. The van der Waals surface area contributed by atoms with Crippen molar-refractivity contribution in [3.63, 3.8) is 0 Å². The van der Waals surface area contributed by atoms with E-state index in [2.05, 4.69) is 33.4 Å². The predicted molar refractivity (Wildman–Crippen MR) is 108 cm³/mol. The number of thiophene rings is 1. The summed E-state index contributed by atoms with van der Waals surface area (Å²) < 4.78 is 0. The van der Waals surface area contributed by atoms with Crippen LogP contribution in [0.5, 0.6) is 0 Å². The fourth-order valence-electron chi connectivity index (χ4n) is 4.00. The molecule has 4 rings (SSSR count). The number of anilines is 1. The number of halogens is 1. The zero-order chi connectivity index (χ0) is 17.9. The van der Waals surface area contributed by atoms with Crippen LogP contribution in [0, 0.1) is 0 Å². The molecule has 3 heterocycles. The van der Waals surface area contributed by atoms with Crippen molar-refractivity contribution in [2.24, 2.45) is 0 Å². The lowest BCUT2D eigenvalue weighted by Crippen LogP contribution is -2.51. The lowest BCUT2D eigenvalue weighted by molar-refractivity contribution is -0.132. The molecule has 1 aromatic heterocycles. The molecular weight excluding hydrogens is 366 g/mol. The van der Waals surface area contributed by atoms with Crippen molar-refractivity contribution in [2.75, 3.05) is 44.2 Å². The van der Waals surface area contributed by atoms with E-state index in [0.29, 0.717) is 12.6 Å². The molecule has 0 aliphatic carbocycles. The van der Waals surface area contributed by atoms with Crippen LogP contribution in [0.2, 0.25) is 5.02 Å². The van der Waals surface area contributed by atoms with Crippen LogP contribution in [0.3, 0.4) is 0 Å². The fourth-order valence-corrected chi connectivity index (χ4v) is 5.15. The standard InChI is InChI=1S/C20H24ClN3OS/c21-16-5-1-2-6-17(16)22-10-12-23(13-11-22)20(25)15-24-9-3-7-18(24)19-8-4-14-26-19/h1-2,4-6,8,14,18H,3,7,9-13,15H2/t18-/m1/s1. The Morgan fingerprint density at radius 3 is 2.62 bits per heavy atom. The minimum atomic E-state index is 0.257. The molecule has 2 fully saturated rings. The molecule has 2 aliphatic rings. The molecule has 6 heteroatoms. The van der Waals surface area contributed by atoms with Crippen molar-refractivity contribution in [2.45, 2.75) is 18.9 Å². The van der Waals surface area contributed by atoms with Crippen LogP contribution in [0.4, 0.5) is 5.69 Å². The maximum absolute atomic E-state index is 12.8. The topological polar surface area (TPSA) is 26.8 Å². The molecule has 0 unspecified atom stereocenters. The van der Waals surface area contributed by atoms with Gasteiger partial charge in [-0.15, -0.1) is 11.3 Å². The first-order valence-electron chi connectivity index (χ1n) is 9.27. The zero-order valence-electron chi connectivity index (χ0n) is 14.8. The second-order valence-electron chi connectivity index (χ2n) is 6.96. The molecule has 1 amide bonds. The Kier molecular flexibility index (Phi) is 5.48. The van der Waals surface area contributed by atoms with Crippen LogP contribution in [0.1, 0.15) is 23.8 Å². The Morgan fingerprint density at radius 1 is 1.08 bits per heavy atom. The van der Waals surface area contributed by atoms with Gasteiger partial charge < -0.3 is 9.80 Å². The summed E-state index contributed by atoms with van der Waals surface area (Å²) in [6.07, 6.45) is 2.34. The number of carbonyl (C=O) groups excluding carboxylic acids is 1. The Labute approximate surface area is 164 Å². The number of benzene rings is 1. The summed E-state index contributed by atoms with van der Waals surface area (Å²) in [5, 5.41) is 2.91. The van der Waals surface area contributed by atoms with Crippen LogP contribution >= 0.6 is 22.9 Å². The molecule has 1 aromatic carbocycles. The molecule has 2 aliphatic heterocycles. The molecule has 2 aromatic rings. The number of piperazine rings is 1. The minimum absolute atomic E-state index is 0.257. The van der Waals surface area contributed by atoms with Gasteiger partial charge in [0.15, 0.2) is 0 Å². The van der Waals surface area contributed by atoms with Crippen LogP contribution in [0.15, 0.2) is 41.8 Å². The predicted octanol–water partition coefficient (Wildman–Crippen LogP) is 3.89. The normalized spacial score (nSPS) is 21.3. The van der Waals surface area contributed by atoms with Crippen LogP contribution in [-0.4, -0.2) is 55.0 Å². The number of hydrogen-bond acceptors (Lipinski definition) is 4. The van der Waals surface area contributed by atoms with Gasteiger partial charge in [-0.1, -0.05) is 29.8 Å². The summed E-state index contributed by atoms with van der Waals surface area (Å²) in [7, 11) is 0. The molecule has 0 N–H and O–H groups in total. The monoisotopic (exact) mass is 389 g/mol. The molecule has 2 saturated heterocycles. The average molecular weight is 390 g/mol. The summed E-state index contributed by atoms with van der Waals surface area (Å²) in [5.41, 5.74) is 1.07. The lowest BCUT2D eigenvalue weighted by atomic mass is 10.2. The Bertz CT molecular complexity index is 743. The summed E-state index contributed by atoms with van der Waals surface area (Å²) in [6.45, 7) is 4.76. The van der Waals surface area contributed by atoms with Crippen molar-refractivity contribution in [3.8, 4) is 0 Å². The number of para-hydroxylation sites is 1. The van der Waals surface area contributed by atoms with Gasteiger partial charge in [0, 0.05) is 37.1 Å². The molecular formula is C20H24ClN3OS. The summed E-state index contributed by atoms with van der Waals surface area (Å²) in [4.78, 5) is 20.9. The molecule has 0 spiro atoms. The van der Waals surface area contributed by atoms with Crippen LogP contribution in [0.25, 0.3) is 0 Å². The van der Waals surface area contributed by atoms with Gasteiger partial charge in [-0.3, -0.25) is 9.69 Å². The number of hydrogen-bond donors (Lipinski definition) is 0. The summed E-state index contributed by atoms with van der Waals surface area (Å²) in [6, 6.07) is 12.7. The van der Waals surface area contributed by atoms with Crippen molar-refractivity contribution in [3.05, 3.63) is 51.7 Å². The zero-order valence-corrected chi connectivity index (χ0v) is 16.4. The van der Waals surface area contributed by atoms with Gasteiger partial charge in [0.2, 0.25) is 5.91 Å².